The van der Waals surface area contributed by atoms with Crippen LogP contribution in [0.1, 0.15) is 18.4 Å². The van der Waals surface area contributed by atoms with Crippen LogP contribution in [0.4, 0.5) is 4.39 Å². The second-order valence-corrected chi connectivity index (χ2v) is 3.54. The normalized spacial score (nSPS) is 12.5. The molecule has 1 aromatic carbocycles. The lowest BCUT2D eigenvalue weighted by Gasteiger charge is -2.09. The van der Waals surface area contributed by atoms with Gasteiger partial charge in [-0.2, -0.15) is 0 Å². The Kier molecular flexibility index (Phi) is 4.74. The molecule has 78 valence electrons. The van der Waals surface area contributed by atoms with Crippen LogP contribution in [0.25, 0.3) is 0 Å². The standard InChI is InChI=1S/C11H14ClFO/c1-9(8-13)10-3-2-4-11(7-10)14-6-5-12/h2-4,7,9H,5-6,8H2,1H3. The number of alkyl halides is 2. The molecule has 1 aromatic rings. The fourth-order valence-corrected chi connectivity index (χ4v) is 1.23. The van der Waals surface area contributed by atoms with Crippen molar-refractivity contribution in [2.24, 2.45) is 0 Å². The summed E-state index contributed by atoms with van der Waals surface area (Å²) in [6, 6.07) is 7.47. The third kappa shape index (κ3) is 3.18. The van der Waals surface area contributed by atoms with E-state index in [1.165, 1.54) is 0 Å². The maximum absolute atomic E-state index is 12.4. The molecule has 1 atom stereocenters. The monoisotopic (exact) mass is 216 g/mol. The molecule has 0 N–H and O–H groups in total. The molecule has 0 heterocycles. The number of halogens is 2. The van der Waals surface area contributed by atoms with Gasteiger partial charge in [0.05, 0.1) is 12.6 Å². The van der Waals surface area contributed by atoms with Crippen LogP contribution in [-0.4, -0.2) is 19.2 Å². The highest BCUT2D eigenvalue weighted by molar-refractivity contribution is 6.17. The van der Waals surface area contributed by atoms with E-state index < -0.39 is 0 Å². The molecule has 1 nitrogen and oxygen atoms in total. The Bertz CT molecular complexity index is 278. The summed E-state index contributed by atoms with van der Waals surface area (Å²) in [4.78, 5) is 0. The largest absolute Gasteiger partial charge is 0.492 e. The Labute approximate surface area is 88.8 Å². The molecule has 0 aliphatic carbocycles. The fraction of sp³-hybridized carbons (Fsp3) is 0.455. The number of hydrogen-bond acceptors (Lipinski definition) is 1. The Balaban J connectivity index is 2.68. The third-order valence-corrected chi connectivity index (χ3v) is 2.16. The molecular formula is C11H14ClFO. The van der Waals surface area contributed by atoms with E-state index in [4.69, 9.17) is 16.3 Å². The van der Waals surface area contributed by atoms with Gasteiger partial charge < -0.3 is 4.74 Å². The van der Waals surface area contributed by atoms with E-state index in [2.05, 4.69) is 0 Å². The fourth-order valence-electron chi connectivity index (χ4n) is 1.16. The zero-order chi connectivity index (χ0) is 10.4. The summed E-state index contributed by atoms with van der Waals surface area (Å²) in [5.41, 5.74) is 0.958. The summed E-state index contributed by atoms with van der Waals surface area (Å²) in [5.74, 6) is 1.14. The van der Waals surface area contributed by atoms with E-state index in [9.17, 15) is 4.39 Å². The predicted octanol–water partition coefficient (Wildman–Crippen LogP) is 3.38. The molecule has 0 aliphatic rings. The smallest absolute Gasteiger partial charge is 0.119 e. The van der Waals surface area contributed by atoms with Crippen molar-refractivity contribution in [2.45, 2.75) is 12.8 Å². The Morgan fingerprint density at radius 3 is 2.93 bits per heavy atom. The molecule has 0 aromatic heterocycles. The first-order valence-corrected chi connectivity index (χ1v) is 5.16. The van der Waals surface area contributed by atoms with Crippen LogP contribution in [0.5, 0.6) is 5.75 Å². The molecule has 0 aliphatic heterocycles. The molecule has 0 radical (unpaired) electrons. The summed E-state index contributed by atoms with van der Waals surface area (Å²) < 4.78 is 17.7. The van der Waals surface area contributed by atoms with E-state index in [1.807, 2.05) is 31.2 Å². The predicted molar refractivity (Wildman–Crippen MR) is 57.0 cm³/mol. The second kappa shape index (κ2) is 5.86. The molecule has 14 heavy (non-hydrogen) atoms. The number of ether oxygens (including phenoxy) is 1. The maximum atomic E-state index is 12.4. The van der Waals surface area contributed by atoms with Crippen LogP contribution in [0, 0.1) is 0 Å². The van der Waals surface area contributed by atoms with Gasteiger partial charge in [-0.25, -0.2) is 0 Å². The van der Waals surface area contributed by atoms with Crippen molar-refractivity contribution in [1.82, 2.24) is 0 Å². The van der Waals surface area contributed by atoms with E-state index in [0.717, 1.165) is 11.3 Å². The van der Waals surface area contributed by atoms with Gasteiger partial charge in [0.2, 0.25) is 0 Å². The summed E-state index contributed by atoms with van der Waals surface area (Å²) in [7, 11) is 0. The molecule has 0 saturated carbocycles. The van der Waals surface area contributed by atoms with Crippen molar-refractivity contribution in [3.8, 4) is 5.75 Å². The zero-order valence-electron chi connectivity index (χ0n) is 8.17. The second-order valence-electron chi connectivity index (χ2n) is 3.17. The minimum absolute atomic E-state index is 0.0745. The van der Waals surface area contributed by atoms with Crippen molar-refractivity contribution in [2.75, 3.05) is 19.2 Å². The van der Waals surface area contributed by atoms with Gasteiger partial charge in [-0.05, 0) is 17.7 Å². The van der Waals surface area contributed by atoms with Gasteiger partial charge in [-0.15, -0.1) is 11.6 Å². The molecule has 1 rings (SSSR count). The first kappa shape index (κ1) is 11.3. The lowest BCUT2D eigenvalue weighted by molar-refractivity contribution is 0.342. The lowest BCUT2D eigenvalue weighted by atomic mass is 10.0. The molecule has 0 spiro atoms. The van der Waals surface area contributed by atoms with Gasteiger partial charge in [0.1, 0.15) is 12.4 Å². The van der Waals surface area contributed by atoms with Gasteiger partial charge in [-0.3, -0.25) is 4.39 Å². The lowest BCUT2D eigenvalue weighted by Crippen LogP contribution is -2.00. The van der Waals surface area contributed by atoms with Crippen LogP contribution in [-0.2, 0) is 0 Å². The minimum atomic E-state index is -0.348. The molecule has 0 saturated heterocycles. The zero-order valence-corrected chi connectivity index (χ0v) is 8.93. The molecule has 0 amide bonds. The van der Waals surface area contributed by atoms with Gasteiger partial charge in [0.25, 0.3) is 0 Å². The molecule has 0 bridgehead atoms. The third-order valence-electron chi connectivity index (χ3n) is 2.00. The van der Waals surface area contributed by atoms with Gasteiger partial charge >= 0.3 is 0 Å². The summed E-state index contributed by atoms with van der Waals surface area (Å²) >= 11 is 5.50. The van der Waals surface area contributed by atoms with Gasteiger partial charge in [-0.1, -0.05) is 19.1 Å². The van der Waals surface area contributed by atoms with Crippen molar-refractivity contribution < 1.29 is 9.13 Å². The highest BCUT2D eigenvalue weighted by Crippen LogP contribution is 2.20. The average molecular weight is 217 g/mol. The van der Waals surface area contributed by atoms with Crippen LogP contribution < -0.4 is 4.74 Å². The van der Waals surface area contributed by atoms with E-state index in [-0.39, 0.29) is 12.6 Å². The Morgan fingerprint density at radius 1 is 1.50 bits per heavy atom. The van der Waals surface area contributed by atoms with E-state index in [1.54, 1.807) is 0 Å². The summed E-state index contributed by atoms with van der Waals surface area (Å²) in [6.45, 7) is 1.98. The highest BCUT2D eigenvalue weighted by atomic mass is 35.5. The summed E-state index contributed by atoms with van der Waals surface area (Å²) in [5, 5.41) is 0. The van der Waals surface area contributed by atoms with E-state index >= 15 is 0 Å². The quantitative estimate of drug-likeness (QED) is 0.686. The maximum Gasteiger partial charge on any atom is 0.119 e. The number of benzene rings is 1. The van der Waals surface area contributed by atoms with Gasteiger partial charge in [0.15, 0.2) is 0 Å². The molecular weight excluding hydrogens is 203 g/mol. The van der Waals surface area contributed by atoms with Crippen LogP contribution in [0.15, 0.2) is 24.3 Å². The van der Waals surface area contributed by atoms with Crippen LogP contribution in [0.3, 0.4) is 0 Å². The topological polar surface area (TPSA) is 9.23 Å². The summed E-state index contributed by atoms with van der Waals surface area (Å²) in [6.07, 6.45) is 0. The van der Waals surface area contributed by atoms with E-state index in [0.29, 0.717) is 12.5 Å². The molecule has 1 unspecified atom stereocenters. The van der Waals surface area contributed by atoms with Crippen molar-refractivity contribution in [3.63, 3.8) is 0 Å². The first-order valence-electron chi connectivity index (χ1n) is 4.62. The van der Waals surface area contributed by atoms with Crippen molar-refractivity contribution in [3.05, 3.63) is 29.8 Å². The Hall–Kier alpha value is -0.760. The number of hydrogen-bond donors (Lipinski definition) is 0. The SMILES string of the molecule is CC(CF)c1cccc(OCCCl)c1. The Morgan fingerprint density at radius 2 is 2.29 bits per heavy atom. The van der Waals surface area contributed by atoms with Crippen molar-refractivity contribution >= 4 is 11.6 Å². The van der Waals surface area contributed by atoms with Crippen molar-refractivity contribution in [1.29, 1.82) is 0 Å². The molecule has 0 fully saturated rings. The van der Waals surface area contributed by atoms with Crippen LogP contribution in [0.2, 0.25) is 0 Å². The minimum Gasteiger partial charge on any atom is -0.492 e. The highest BCUT2D eigenvalue weighted by Gasteiger charge is 2.05. The average Bonchev–Trinajstić information content (AvgIpc) is 2.25. The molecule has 3 heteroatoms. The number of rotatable bonds is 5. The van der Waals surface area contributed by atoms with Crippen LogP contribution >= 0.6 is 11.6 Å². The van der Waals surface area contributed by atoms with Gasteiger partial charge in [0, 0.05) is 5.92 Å². The first-order chi connectivity index (χ1) is 6.77.